The quantitative estimate of drug-likeness (QED) is 0.536. The number of aromatic nitrogens is 4. The largest absolute Gasteiger partial charge is 0.346 e. The molecule has 0 aliphatic rings. The molecule has 0 saturated heterocycles. The van der Waals surface area contributed by atoms with E-state index in [2.05, 4.69) is 15.5 Å². The number of nitro groups is 1. The van der Waals surface area contributed by atoms with Gasteiger partial charge in [0.25, 0.3) is 5.91 Å². The molecule has 0 atom stereocenters. The first-order valence-corrected chi connectivity index (χ1v) is 7.96. The van der Waals surface area contributed by atoms with Gasteiger partial charge in [-0.25, -0.2) is 0 Å². The average molecular weight is 354 g/mol. The van der Waals surface area contributed by atoms with Crippen LogP contribution in [0, 0.1) is 17.0 Å². The molecule has 1 amide bonds. The van der Waals surface area contributed by atoms with Gasteiger partial charge in [0.05, 0.1) is 23.7 Å². The topological polar surface area (TPSA) is 108 Å². The molecule has 0 unspecified atom stereocenters. The Bertz CT molecular complexity index is 922. The summed E-state index contributed by atoms with van der Waals surface area (Å²) in [6, 6.07) is 8.95. The minimum Gasteiger partial charge on any atom is -0.346 e. The number of carbonyl (C=O) groups is 1. The zero-order chi connectivity index (χ0) is 18.7. The highest BCUT2D eigenvalue weighted by Gasteiger charge is 2.10. The molecule has 0 fully saturated rings. The van der Waals surface area contributed by atoms with Crippen LogP contribution in [0.15, 0.2) is 42.7 Å². The van der Waals surface area contributed by atoms with Gasteiger partial charge in [-0.3, -0.25) is 24.3 Å². The van der Waals surface area contributed by atoms with Crippen molar-refractivity contribution < 1.29 is 9.72 Å². The van der Waals surface area contributed by atoms with E-state index in [0.29, 0.717) is 18.7 Å². The van der Waals surface area contributed by atoms with Crippen molar-refractivity contribution in [3.8, 4) is 0 Å². The Hall–Kier alpha value is -3.49. The van der Waals surface area contributed by atoms with Gasteiger partial charge in [-0.05, 0) is 30.7 Å². The zero-order valence-electron chi connectivity index (χ0n) is 14.4. The van der Waals surface area contributed by atoms with Crippen LogP contribution in [0.1, 0.15) is 27.3 Å². The average Bonchev–Trinajstić information content (AvgIpc) is 3.20. The Balaban J connectivity index is 1.59. The second kappa shape index (κ2) is 7.18. The molecule has 1 N–H and O–H groups in total. The number of carbonyl (C=O) groups excluding carboxylic acids is 1. The van der Waals surface area contributed by atoms with Crippen LogP contribution >= 0.6 is 0 Å². The Morgan fingerprint density at radius 2 is 2.04 bits per heavy atom. The lowest BCUT2D eigenvalue weighted by molar-refractivity contribution is -0.385. The fourth-order valence-corrected chi connectivity index (χ4v) is 2.48. The number of hydrogen-bond donors (Lipinski definition) is 1. The van der Waals surface area contributed by atoms with Crippen LogP contribution in [0.4, 0.5) is 5.69 Å². The van der Waals surface area contributed by atoms with Crippen LogP contribution in [0.2, 0.25) is 0 Å². The zero-order valence-corrected chi connectivity index (χ0v) is 14.4. The van der Waals surface area contributed by atoms with Gasteiger partial charge in [-0.2, -0.15) is 10.2 Å². The predicted molar refractivity (Wildman–Crippen MR) is 93.5 cm³/mol. The fourth-order valence-electron chi connectivity index (χ4n) is 2.48. The van der Waals surface area contributed by atoms with Gasteiger partial charge in [0.1, 0.15) is 12.4 Å². The summed E-state index contributed by atoms with van der Waals surface area (Å²) in [7, 11) is 1.85. The molecule has 3 aromatic rings. The van der Waals surface area contributed by atoms with Gasteiger partial charge in [-0.1, -0.05) is 12.1 Å². The molecule has 0 aliphatic carbocycles. The summed E-state index contributed by atoms with van der Waals surface area (Å²) in [6.45, 7) is 2.70. The number of nitrogens with zero attached hydrogens (tertiary/aromatic N) is 5. The Labute approximate surface area is 149 Å². The van der Waals surface area contributed by atoms with Crippen LogP contribution in [-0.2, 0) is 20.1 Å². The Kier molecular flexibility index (Phi) is 4.78. The van der Waals surface area contributed by atoms with Crippen molar-refractivity contribution in [1.29, 1.82) is 0 Å². The molecule has 2 heterocycles. The first-order chi connectivity index (χ1) is 12.4. The molecule has 9 nitrogen and oxygen atoms in total. The maximum atomic E-state index is 12.2. The second-order valence-electron chi connectivity index (χ2n) is 5.93. The second-order valence-corrected chi connectivity index (χ2v) is 5.93. The summed E-state index contributed by atoms with van der Waals surface area (Å²) in [5.74, 6) is -0.186. The smallest absolute Gasteiger partial charge is 0.307 e. The number of hydrogen-bond acceptors (Lipinski definition) is 5. The molecule has 9 heteroatoms. The summed E-state index contributed by atoms with van der Waals surface area (Å²) in [5, 5.41) is 21.8. The molecule has 0 aliphatic heterocycles. The van der Waals surface area contributed by atoms with Crippen molar-refractivity contribution in [2.45, 2.75) is 20.0 Å². The number of benzene rings is 1. The monoisotopic (exact) mass is 354 g/mol. The SMILES string of the molecule is Cc1cc(CNC(=O)c2ccc(Cn3cc([N+](=O)[O-])cn3)cc2)nn1C. The van der Waals surface area contributed by atoms with Crippen LogP contribution in [0.5, 0.6) is 0 Å². The number of nitrogens with one attached hydrogen (secondary N) is 1. The molecular formula is C17H18N6O3. The van der Waals surface area contributed by atoms with Crippen LogP contribution in [-0.4, -0.2) is 30.4 Å². The van der Waals surface area contributed by atoms with Gasteiger partial charge in [0.2, 0.25) is 0 Å². The third-order valence-electron chi connectivity index (χ3n) is 3.99. The van der Waals surface area contributed by atoms with Crippen LogP contribution in [0.3, 0.4) is 0 Å². The Morgan fingerprint density at radius 1 is 1.31 bits per heavy atom. The van der Waals surface area contributed by atoms with Crippen molar-refractivity contribution in [1.82, 2.24) is 24.9 Å². The minimum atomic E-state index is -0.486. The summed E-state index contributed by atoms with van der Waals surface area (Å²) in [5.41, 5.74) is 3.20. The lowest BCUT2D eigenvalue weighted by Crippen LogP contribution is -2.23. The molecule has 26 heavy (non-hydrogen) atoms. The maximum absolute atomic E-state index is 12.2. The van der Waals surface area contributed by atoms with Gasteiger partial charge in [0.15, 0.2) is 0 Å². The van der Waals surface area contributed by atoms with E-state index in [4.69, 9.17) is 0 Å². The van der Waals surface area contributed by atoms with E-state index in [9.17, 15) is 14.9 Å². The Morgan fingerprint density at radius 3 is 2.62 bits per heavy atom. The molecule has 1 aromatic carbocycles. The molecule has 134 valence electrons. The third-order valence-corrected chi connectivity index (χ3v) is 3.99. The minimum absolute atomic E-state index is 0.0502. The lowest BCUT2D eigenvalue weighted by Gasteiger charge is -2.05. The van der Waals surface area contributed by atoms with E-state index < -0.39 is 4.92 Å². The third kappa shape index (κ3) is 3.94. The number of rotatable bonds is 6. The summed E-state index contributed by atoms with van der Waals surface area (Å²) < 4.78 is 3.24. The molecule has 0 bridgehead atoms. The summed E-state index contributed by atoms with van der Waals surface area (Å²) in [4.78, 5) is 22.4. The van der Waals surface area contributed by atoms with E-state index in [1.807, 2.05) is 20.0 Å². The summed E-state index contributed by atoms with van der Waals surface area (Å²) in [6.07, 6.45) is 2.58. The van der Waals surface area contributed by atoms with E-state index >= 15 is 0 Å². The van der Waals surface area contributed by atoms with Crippen LogP contribution < -0.4 is 5.32 Å². The molecule has 3 rings (SSSR count). The van der Waals surface area contributed by atoms with Gasteiger partial charge < -0.3 is 5.32 Å². The number of amides is 1. The number of aryl methyl sites for hydroxylation is 2. The highest BCUT2D eigenvalue weighted by Crippen LogP contribution is 2.11. The molecular weight excluding hydrogens is 336 g/mol. The lowest BCUT2D eigenvalue weighted by atomic mass is 10.1. The normalized spacial score (nSPS) is 10.7. The maximum Gasteiger partial charge on any atom is 0.307 e. The molecule has 0 spiro atoms. The van der Waals surface area contributed by atoms with Crippen molar-refractivity contribution in [3.63, 3.8) is 0 Å². The highest BCUT2D eigenvalue weighted by molar-refractivity contribution is 5.94. The van der Waals surface area contributed by atoms with Crippen molar-refractivity contribution in [2.24, 2.45) is 7.05 Å². The predicted octanol–water partition coefficient (Wildman–Crippen LogP) is 1.81. The van der Waals surface area contributed by atoms with Crippen LogP contribution in [0.25, 0.3) is 0 Å². The summed E-state index contributed by atoms with van der Waals surface area (Å²) >= 11 is 0. The molecule has 0 saturated carbocycles. The fraction of sp³-hybridized carbons (Fsp3) is 0.235. The van der Waals surface area contributed by atoms with E-state index in [0.717, 1.165) is 17.0 Å². The van der Waals surface area contributed by atoms with E-state index in [-0.39, 0.29) is 11.6 Å². The molecule has 2 aromatic heterocycles. The standard InChI is InChI=1S/C17H18N6O3/c1-12-7-15(20-21(12)2)8-18-17(24)14-5-3-13(4-6-14)10-22-11-16(9-19-22)23(25)26/h3-7,9,11H,8,10H2,1-2H3,(H,18,24). The first kappa shape index (κ1) is 17.3. The molecule has 0 radical (unpaired) electrons. The van der Waals surface area contributed by atoms with Crippen molar-refractivity contribution >= 4 is 11.6 Å². The van der Waals surface area contributed by atoms with Gasteiger partial charge in [-0.15, -0.1) is 0 Å². The van der Waals surface area contributed by atoms with Crippen molar-refractivity contribution in [3.05, 3.63) is 75.4 Å². The first-order valence-electron chi connectivity index (χ1n) is 7.96. The van der Waals surface area contributed by atoms with E-state index in [1.165, 1.54) is 17.1 Å². The van der Waals surface area contributed by atoms with Crippen molar-refractivity contribution in [2.75, 3.05) is 0 Å². The van der Waals surface area contributed by atoms with E-state index in [1.54, 1.807) is 28.9 Å². The van der Waals surface area contributed by atoms with Gasteiger partial charge >= 0.3 is 5.69 Å². The van der Waals surface area contributed by atoms with Gasteiger partial charge in [0, 0.05) is 18.3 Å². The highest BCUT2D eigenvalue weighted by atomic mass is 16.6.